The minimum Gasteiger partial charge on any atom is -0.356 e. The molecule has 0 aliphatic heterocycles. The molecule has 2 aromatic rings. The van der Waals surface area contributed by atoms with Crippen LogP contribution in [0.5, 0.6) is 0 Å². The first-order valence-electron chi connectivity index (χ1n) is 4.17. The van der Waals surface area contributed by atoms with Crippen molar-refractivity contribution in [3.05, 3.63) is 40.0 Å². The van der Waals surface area contributed by atoms with Gasteiger partial charge in [-0.25, -0.2) is 0 Å². The Hall–Kier alpha value is -0.700. The molecule has 5 heteroatoms. The fraction of sp³-hybridized carbons (Fsp3) is 0.100. The number of nitrogens with zero attached hydrogens (tertiary/aromatic N) is 1. The lowest BCUT2D eigenvalue weighted by Gasteiger charge is -1.99. The summed E-state index contributed by atoms with van der Waals surface area (Å²) < 4.78 is 5.10. The lowest BCUT2D eigenvalue weighted by molar-refractivity contribution is 0.426. The number of hydrogen-bond donors (Lipinski definition) is 0. The molecule has 0 aliphatic carbocycles. The van der Waals surface area contributed by atoms with E-state index in [1.165, 1.54) is 0 Å². The van der Waals surface area contributed by atoms with Crippen molar-refractivity contribution < 1.29 is 4.52 Å². The third-order valence-corrected chi connectivity index (χ3v) is 2.71. The Balaban J connectivity index is 2.44. The average Bonchev–Trinajstić information content (AvgIpc) is 2.66. The van der Waals surface area contributed by atoms with E-state index in [-0.39, 0.29) is 0 Å². The van der Waals surface area contributed by atoms with E-state index in [1.54, 1.807) is 24.3 Å². The van der Waals surface area contributed by atoms with Crippen molar-refractivity contribution in [3.63, 3.8) is 0 Å². The molecular formula is C10H6Cl3NO. The number of rotatable bonds is 2. The second kappa shape index (κ2) is 4.44. The summed E-state index contributed by atoms with van der Waals surface area (Å²) in [7, 11) is 0. The summed E-state index contributed by atoms with van der Waals surface area (Å²) in [5.74, 6) is 0.904. The Kier molecular flexibility index (Phi) is 3.19. The molecule has 78 valence electrons. The summed E-state index contributed by atoms with van der Waals surface area (Å²) in [6.45, 7) is 0. The molecule has 0 saturated heterocycles. The number of alkyl halides is 1. The molecule has 2 rings (SSSR count). The van der Waals surface area contributed by atoms with E-state index in [1.807, 2.05) is 0 Å². The molecule has 0 bridgehead atoms. The van der Waals surface area contributed by atoms with Gasteiger partial charge in [0.2, 0.25) is 0 Å². The van der Waals surface area contributed by atoms with Crippen LogP contribution in [0.2, 0.25) is 10.0 Å². The van der Waals surface area contributed by atoms with Crippen LogP contribution < -0.4 is 0 Å². The zero-order valence-corrected chi connectivity index (χ0v) is 9.77. The highest BCUT2D eigenvalue weighted by molar-refractivity contribution is 6.36. The first kappa shape index (κ1) is 10.8. The first-order valence-corrected chi connectivity index (χ1v) is 5.46. The van der Waals surface area contributed by atoms with Crippen LogP contribution in [0, 0.1) is 0 Å². The predicted octanol–water partition coefficient (Wildman–Crippen LogP) is 4.39. The smallest absolute Gasteiger partial charge is 0.168 e. The zero-order valence-electron chi connectivity index (χ0n) is 7.51. The van der Waals surface area contributed by atoms with E-state index in [0.717, 1.165) is 5.56 Å². The monoisotopic (exact) mass is 261 g/mol. The van der Waals surface area contributed by atoms with Gasteiger partial charge < -0.3 is 4.52 Å². The molecule has 0 N–H and O–H groups in total. The van der Waals surface area contributed by atoms with Crippen LogP contribution in [0.25, 0.3) is 11.3 Å². The van der Waals surface area contributed by atoms with E-state index in [2.05, 4.69) is 5.16 Å². The molecule has 0 amide bonds. The Bertz CT molecular complexity index is 481. The molecule has 15 heavy (non-hydrogen) atoms. The highest BCUT2D eigenvalue weighted by atomic mass is 35.5. The van der Waals surface area contributed by atoms with Gasteiger partial charge in [0.25, 0.3) is 0 Å². The largest absolute Gasteiger partial charge is 0.356 e. The van der Waals surface area contributed by atoms with Gasteiger partial charge >= 0.3 is 0 Å². The number of halogens is 3. The van der Waals surface area contributed by atoms with Crippen molar-refractivity contribution in [2.24, 2.45) is 0 Å². The molecule has 0 radical (unpaired) electrons. The summed E-state index contributed by atoms with van der Waals surface area (Å²) in [4.78, 5) is 0. The van der Waals surface area contributed by atoms with Crippen LogP contribution in [-0.2, 0) is 5.88 Å². The van der Waals surface area contributed by atoms with Gasteiger partial charge in [0.15, 0.2) is 5.76 Å². The summed E-state index contributed by atoms with van der Waals surface area (Å²) >= 11 is 17.4. The summed E-state index contributed by atoms with van der Waals surface area (Å²) in [5, 5.41) is 4.89. The van der Waals surface area contributed by atoms with Crippen molar-refractivity contribution >= 4 is 34.8 Å². The standard InChI is InChI=1S/C10H6Cl3NO/c11-5-7-4-10(15-14-7)8-2-1-6(12)3-9(8)13/h1-4H,5H2. The molecule has 0 atom stereocenters. The fourth-order valence-corrected chi connectivity index (χ4v) is 1.82. The van der Waals surface area contributed by atoms with E-state index >= 15 is 0 Å². The second-order valence-corrected chi connectivity index (χ2v) is 4.05. The zero-order chi connectivity index (χ0) is 10.8. The van der Waals surface area contributed by atoms with Gasteiger partial charge in [-0.3, -0.25) is 0 Å². The minimum absolute atomic E-state index is 0.314. The normalized spacial score (nSPS) is 10.6. The van der Waals surface area contributed by atoms with Gasteiger partial charge in [0, 0.05) is 16.7 Å². The summed E-state index contributed by atoms with van der Waals surface area (Å²) in [6.07, 6.45) is 0. The van der Waals surface area contributed by atoms with Crippen LogP contribution in [0.3, 0.4) is 0 Å². The van der Waals surface area contributed by atoms with E-state index in [0.29, 0.717) is 27.4 Å². The minimum atomic E-state index is 0.314. The number of hydrogen-bond acceptors (Lipinski definition) is 2. The molecule has 1 aromatic carbocycles. The van der Waals surface area contributed by atoms with Crippen molar-refractivity contribution in [3.8, 4) is 11.3 Å². The number of benzene rings is 1. The van der Waals surface area contributed by atoms with Crippen molar-refractivity contribution in [2.75, 3.05) is 0 Å². The van der Waals surface area contributed by atoms with Gasteiger partial charge in [-0.1, -0.05) is 28.4 Å². The van der Waals surface area contributed by atoms with Crippen molar-refractivity contribution in [1.82, 2.24) is 5.16 Å². The lowest BCUT2D eigenvalue weighted by atomic mass is 10.1. The van der Waals surface area contributed by atoms with E-state index in [9.17, 15) is 0 Å². The summed E-state index contributed by atoms with van der Waals surface area (Å²) in [6, 6.07) is 6.93. The van der Waals surface area contributed by atoms with Gasteiger partial charge in [-0.15, -0.1) is 11.6 Å². The van der Waals surface area contributed by atoms with Gasteiger partial charge in [-0.2, -0.15) is 0 Å². The molecule has 0 aliphatic rings. The molecular weight excluding hydrogens is 256 g/mol. The molecule has 1 aromatic heterocycles. The molecule has 0 spiro atoms. The maximum absolute atomic E-state index is 6.01. The van der Waals surface area contributed by atoms with Crippen LogP contribution in [0.1, 0.15) is 5.69 Å². The topological polar surface area (TPSA) is 26.0 Å². The lowest BCUT2D eigenvalue weighted by Crippen LogP contribution is -1.76. The Morgan fingerprint density at radius 1 is 1.20 bits per heavy atom. The van der Waals surface area contributed by atoms with Crippen LogP contribution in [0.4, 0.5) is 0 Å². The van der Waals surface area contributed by atoms with Gasteiger partial charge in [0.05, 0.1) is 16.6 Å². The van der Waals surface area contributed by atoms with Gasteiger partial charge in [0.1, 0.15) is 0 Å². The van der Waals surface area contributed by atoms with Crippen molar-refractivity contribution in [2.45, 2.75) is 5.88 Å². The molecule has 2 nitrogen and oxygen atoms in total. The van der Waals surface area contributed by atoms with Crippen LogP contribution in [-0.4, -0.2) is 5.16 Å². The molecule has 0 unspecified atom stereocenters. The van der Waals surface area contributed by atoms with Crippen molar-refractivity contribution in [1.29, 1.82) is 0 Å². The highest BCUT2D eigenvalue weighted by Crippen LogP contribution is 2.30. The van der Waals surface area contributed by atoms with E-state index in [4.69, 9.17) is 39.3 Å². The predicted molar refractivity (Wildman–Crippen MR) is 61.5 cm³/mol. The van der Waals surface area contributed by atoms with Gasteiger partial charge in [-0.05, 0) is 18.2 Å². The third-order valence-electron chi connectivity index (χ3n) is 1.89. The SMILES string of the molecule is ClCc1cc(-c2ccc(Cl)cc2Cl)on1. The third kappa shape index (κ3) is 2.28. The van der Waals surface area contributed by atoms with Crippen LogP contribution in [0.15, 0.2) is 28.8 Å². The van der Waals surface area contributed by atoms with E-state index < -0.39 is 0 Å². The fourth-order valence-electron chi connectivity index (χ4n) is 1.19. The highest BCUT2D eigenvalue weighted by Gasteiger charge is 2.09. The Labute approximate surface area is 102 Å². The maximum Gasteiger partial charge on any atom is 0.168 e. The molecule has 1 heterocycles. The Morgan fingerprint density at radius 2 is 2.00 bits per heavy atom. The first-order chi connectivity index (χ1) is 7.20. The average molecular weight is 263 g/mol. The van der Waals surface area contributed by atoms with Crippen LogP contribution >= 0.6 is 34.8 Å². The quantitative estimate of drug-likeness (QED) is 0.750. The maximum atomic E-state index is 6.01. The Morgan fingerprint density at radius 3 is 2.60 bits per heavy atom. The molecule has 0 saturated carbocycles. The number of aromatic nitrogens is 1. The molecule has 0 fully saturated rings. The second-order valence-electron chi connectivity index (χ2n) is 2.94. The summed E-state index contributed by atoms with van der Waals surface area (Å²) in [5.41, 5.74) is 1.43.